The number of fused-ring (bicyclic) bond motifs is 1. The Balaban J connectivity index is 1.70. The van der Waals surface area contributed by atoms with Crippen LogP contribution >= 0.6 is 34.7 Å². The molecule has 0 unspecified atom stereocenters. The molecule has 3 aromatic rings. The van der Waals surface area contributed by atoms with Crippen LogP contribution in [0.25, 0.3) is 10.2 Å². The van der Waals surface area contributed by atoms with E-state index in [1.54, 1.807) is 35.6 Å². The van der Waals surface area contributed by atoms with Crippen LogP contribution in [0.15, 0.2) is 29.4 Å². The third-order valence-corrected chi connectivity index (χ3v) is 5.66. The van der Waals surface area contributed by atoms with Crippen LogP contribution < -0.4 is 11.1 Å². The predicted molar refractivity (Wildman–Crippen MR) is 102 cm³/mol. The van der Waals surface area contributed by atoms with Crippen LogP contribution in [0, 0.1) is 13.8 Å². The minimum absolute atomic E-state index is 0.150. The molecule has 2 aromatic heterocycles. The Morgan fingerprint density at radius 2 is 2.17 bits per heavy atom. The molecule has 0 aliphatic rings. The number of aromatic nitrogens is 2. The molecule has 0 radical (unpaired) electrons. The highest BCUT2D eigenvalue weighted by molar-refractivity contribution is 7.99. The lowest BCUT2D eigenvalue weighted by atomic mass is 10.2. The second kappa shape index (κ2) is 6.96. The van der Waals surface area contributed by atoms with Gasteiger partial charge in [0.2, 0.25) is 5.91 Å². The summed E-state index contributed by atoms with van der Waals surface area (Å²) in [7, 11) is 0. The zero-order valence-electron chi connectivity index (χ0n) is 13.1. The first kappa shape index (κ1) is 17.0. The molecule has 8 heteroatoms. The van der Waals surface area contributed by atoms with Crippen molar-refractivity contribution >= 4 is 62.3 Å². The quantitative estimate of drug-likeness (QED) is 0.523. The van der Waals surface area contributed by atoms with E-state index in [1.165, 1.54) is 16.6 Å². The topological polar surface area (TPSA) is 80.9 Å². The Bertz CT molecular complexity index is 926. The van der Waals surface area contributed by atoms with E-state index in [2.05, 4.69) is 15.3 Å². The largest absolute Gasteiger partial charge is 0.383 e. The lowest BCUT2D eigenvalue weighted by Crippen LogP contribution is -2.14. The molecular formula is C16H15ClN4OS2. The summed E-state index contributed by atoms with van der Waals surface area (Å²) in [6, 6.07) is 7.02. The maximum absolute atomic E-state index is 12.0. The molecule has 124 valence electrons. The zero-order valence-corrected chi connectivity index (χ0v) is 15.5. The number of rotatable bonds is 4. The van der Waals surface area contributed by atoms with E-state index in [9.17, 15) is 4.79 Å². The molecule has 0 bridgehead atoms. The number of amides is 1. The second-order valence-electron chi connectivity index (χ2n) is 5.20. The maximum atomic E-state index is 12.0. The number of aryl methyl sites for hydroxylation is 2. The van der Waals surface area contributed by atoms with Crippen molar-refractivity contribution < 1.29 is 4.79 Å². The molecule has 5 nitrogen and oxygen atoms in total. The van der Waals surface area contributed by atoms with E-state index in [1.807, 2.05) is 13.8 Å². The number of nitrogens with two attached hydrogens (primary N) is 1. The predicted octanol–water partition coefficient (Wildman–Crippen LogP) is 4.27. The van der Waals surface area contributed by atoms with Gasteiger partial charge in [-0.3, -0.25) is 4.79 Å². The van der Waals surface area contributed by atoms with E-state index in [-0.39, 0.29) is 11.7 Å². The molecule has 1 aromatic carbocycles. The van der Waals surface area contributed by atoms with Gasteiger partial charge in [-0.05, 0) is 37.6 Å². The molecule has 0 aliphatic heterocycles. The number of halogens is 1. The molecule has 0 saturated heterocycles. The number of hydrogen-bond acceptors (Lipinski definition) is 6. The minimum atomic E-state index is -0.150. The molecule has 0 fully saturated rings. The van der Waals surface area contributed by atoms with Crippen molar-refractivity contribution in [1.82, 2.24) is 9.97 Å². The van der Waals surface area contributed by atoms with E-state index in [0.29, 0.717) is 21.7 Å². The number of nitrogens with zero attached hydrogens (tertiary/aromatic N) is 2. The van der Waals surface area contributed by atoms with Gasteiger partial charge in [0.1, 0.15) is 10.6 Å². The summed E-state index contributed by atoms with van der Waals surface area (Å²) >= 11 is 8.74. The smallest absolute Gasteiger partial charge is 0.234 e. The minimum Gasteiger partial charge on any atom is -0.383 e. The number of thioether (sulfide) groups is 1. The van der Waals surface area contributed by atoms with Crippen LogP contribution in [0.4, 0.5) is 11.5 Å². The SMILES string of the molecule is Cc1sc2nc(SCC(=O)Nc3cccc(Cl)c3)nc(N)c2c1C. The maximum Gasteiger partial charge on any atom is 0.234 e. The molecule has 0 saturated carbocycles. The van der Waals surface area contributed by atoms with Gasteiger partial charge in [-0.2, -0.15) is 0 Å². The molecule has 24 heavy (non-hydrogen) atoms. The van der Waals surface area contributed by atoms with Crippen molar-refractivity contribution in [2.75, 3.05) is 16.8 Å². The molecule has 3 rings (SSSR count). The summed E-state index contributed by atoms with van der Waals surface area (Å²) in [5.74, 6) is 0.503. The highest BCUT2D eigenvalue weighted by Crippen LogP contribution is 2.33. The number of carbonyl (C=O) groups excluding carboxylic acids is 1. The summed E-state index contributed by atoms with van der Waals surface area (Å²) in [6.07, 6.45) is 0. The van der Waals surface area contributed by atoms with E-state index in [4.69, 9.17) is 17.3 Å². The van der Waals surface area contributed by atoms with E-state index in [0.717, 1.165) is 15.8 Å². The first-order valence-electron chi connectivity index (χ1n) is 7.15. The van der Waals surface area contributed by atoms with Crippen LogP contribution in [0.1, 0.15) is 10.4 Å². The summed E-state index contributed by atoms with van der Waals surface area (Å²) in [4.78, 5) is 22.9. The van der Waals surface area contributed by atoms with Crippen molar-refractivity contribution in [2.24, 2.45) is 0 Å². The van der Waals surface area contributed by atoms with Crippen molar-refractivity contribution in [3.63, 3.8) is 0 Å². The van der Waals surface area contributed by atoms with E-state index >= 15 is 0 Å². The van der Waals surface area contributed by atoms with Crippen LogP contribution in [0.2, 0.25) is 5.02 Å². The third kappa shape index (κ3) is 3.63. The van der Waals surface area contributed by atoms with E-state index < -0.39 is 0 Å². The molecule has 1 amide bonds. The van der Waals surface area contributed by atoms with Gasteiger partial charge in [-0.1, -0.05) is 29.4 Å². The second-order valence-corrected chi connectivity index (χ2v) is 7.78. The normalized spacial score (nSPS) is 11.0. The number of carbonyl (C=O) groups is 1. The molecule has 0 aliphatic carbocycles. The molecule has 3 N–H and O–H groups in total. The van der Waals surface area contributed by atoms with Crippen LogP contribution in [0.3, 0.4) is 0 Å². The Kier molecular flexibility index (Phi) is 4.93. The van der Waals surface area contributed by atoms with Crippen molar-refractivity contribution in [3.05, 3.63) is 39.7 Å². The van der Waals surface area contributed by atoms with Crippen molar-refractivity contribution in [3.8, 4) is 0 Å². The van der Waals surface area contributed by atoms with Crippen LogP contribution in [-0.4, -0.2) is 21.6 Å². The fraction of sp³-hybridized carbons (Fsp3) is 0.188. The first-order valence-corrected chi connectivity index (χ1v) is 9.33. The summed E-state index contributed by atoms with van der Waals surface area (Å²) in [5.41, 5.74) is 7.82. The Hall–Kier alpha value is -1.83. The van der Waals surface area contributed by atoms with Gasteiger partial charge in [-0.15, -0.1) is 11.3 Å². The molecule has 2 heterocycles. The first-order chi connectivity index (χ1) is 11.4. The standard InChI is InChI=1S/C16H15ClN4OS2/c1-8-9(2)24-15-13(8)14(18)20-16(21-15)23-7-12(22)19-11-5-3-4-10(17)6-11/h3-6H,7H2,1-2H3,(H,19,22)(H2,18,20,21). The summed E-state index contributed by atoms with van der Waals surface area (Å²) < 4.78 is 0. The van der Waals surface area contributed by atoms with Gasteiger partial charge in [0.05, 0.1) is 11.1 Å². The Labute approximate surface area is 152 Å². The van der Waals surface area contributed by atoms with Gasteiger partial charge < -0.3 is 11.1 Å². The van der Waals surface area contributed by atoms with Gasteiger partial charge in [0, 0.05) is 15.6 Å². The van der Waals surface area contributed by atoms with Crippen molar-refractivity contribution in [1.29, 1.82) is 0 Å². The number of anilines is 2. The Morgan fingerprint density at radius 1 is 1.38 bits per heavy atom. The third-order valence-electron chi connectivity index (χ3n) is 3.48. The van der Waals surface area contributed by atoms with Gasteiger partial charge >= 0.3 is 0 Å². The molecule has 0 atom stereocenters. The highest BCUT2D eigenvalue weighted by Gasteiger charge is 2.14. The van der Waals surface area contributed by atoms with Crippen LogP contribution in [-0.2, 0) is 4.79 Å². The lowest BCUT2D eigenvalue weighted by molar-refractivity contribution is -0.113. The number of nitrogen functional groups attached to an aromatic ring is 1. The average Bonchev–Trinajstić information content (AvgIpc) is 2.80. The number of thiophene rings is 1. The Morgan fingerprint density at radius 3 is 2.92 bits per heavy atom. The fourth-order valence-corrected chi connectivity index (χ4v) is 4.15. The number of hydrogen-bond donors (Lipinski definition) is 2. The van der Waals surface area contributed by atoms with Crippen molar-refractivity contribution in [2.45, 2.75) is 19.0 Å². The monoisotopic (exact) mass is 378 g/mol. The zero-order chi connectivity index (χ0) is 17.3. The lowest BCUT2D eigenvalue weighted by Gasteiger charge is -2.05. The summed E-state index contributed by atoms with van der Waals surface area (Å²) in [6.45, 7) is 4.05. The van der Waals surface area contributed by atoms with Gasteiger partial charge in [0.25, 0.3) is 0 Å². The molecule has 0 spiro atoms. The highest BCUT2D eigenvalue weighted by atomic mass is 35.5. The number of benzene rings is 1. The average molecular weight is 379 g/mol. The molecular weight excluding hydrogens is 364 g/mol. The fourth-order valence-electron chi connectivity index (χ4n) is 2.22. The summed E-state index contributed by atoms with van der Waals surface area (Å²) in [5, 5.41) is 4.77. The van der Waals surface area contributed by atoms with Crippen LogP contribution in [0.5, 0.6) is 0 Å². The van der Waals surface area contributed by atoms with Gasteiger partial charge in [-0.25, -0.2) is 9.97 Å². The number of nitrogens with one attached hydrogen (secondary N) is 1. The van der Waals surface area contributed by atoms with Gasteiger partial charge in [0.15, 0.2) is 5.16 Å².